The molecule has 0 radical (unpaired) electrons. The van der Waals surface area contributed by atoms with Crippen molar-refractivity contribution < 1.29 is 4.74 Å². The molecule has 0 saturated heterocycles. The lowest BCUT2D eigenvalue weighted by Crippen LogP contribution is -2.15. The molecule has 0 bridgehead atoms. The molecule has 2 unspecified atom stereocenters. The molecular weight excluding hydrogens is 220 g/mol. The molecule has 1 aromatic rings. The van der Waals surface area contributed by atoms with E-state index in [1.807, 2.05) is 6.07 Å². The number of alkyl halides is 1. The molecule has 1 nitrogen and oxygen atoms in total. The lowest BCUT2D eigenvalue weighted by atomic mass is 10.0. The van der Waals surface area contributed by atoms with Gasteiger partial charge in [-0.2, -0.15) is 0 Å². The molecule has 1 aliphatic heterocycles. The average molecular weight is 237 g/mol. The van der Waals surface area contributed by atoms with Gasteiger partial charge in [0.2, 0.25) is 0 Å². The van der Waals surface area contributed by atoms with E-state index < -0.39 is 0 Å². The Labute approximate surface area is 102 Å². The van der Waals surface area contributed by atoms with Crippen molar-refractivity contribution in [3.05, 3.63) is 29.8 Å². The van der Waals surface area contributed by atoms with Crippen LogP contribution in [0.25, 0.3) is 0 Å². The highest BCUT2D eigenvalue weighted by Crippen LogP contribution is 2.39. The van der Waals surface area contributed by atoms with Crippen LogP contribution in [0.15, 0.2) is 24.3 Å². The van der Waals surface area contributed by atoms with E-state index >= 15 is 0 Å². The van der Waals surface area contributed by atoms with Crippen molar-refractivity contribution in [3.63, 3.8) is 0 Å². The Kier molecular flexibility index (Phi) is 2.81. The Hall–Kier alpha value is -0.690. The maximum Gasteiger partial charge on any atom is 0.123 e. The van der Waals surface area contributed by atoms with E-state index in [1.165, 1.54) is 18.4 Å². The van der Waals surface area contributed by atoms with Gasteiger partial charge in [-0.05, 0) is 43.2 Å². The predicted molar refractivity (Wildman–Crippen MR) is 66.2 cm³/mol. The van der Waals surface area contributed by atoms with Crippen molar-refractivity contribution in [2.45, 2.75) is 43.6 Å². The van der Waals surface area contributed by atoms with Gasteiger partial charge in [-0.25, -0.2) is 0 Å². The normalized spacial score (nSPS) is 24.9. The summed E-state index contributed by atoms with van der Waals surface area (Å²) in [6.07, 6.45) is 6.28. The largest absolute Gasteiger partial charge is 0.490 e. The first-order chi connectivity index (χ1) is 7.83. The van der Waals surface area contributed by atoms with Gasteiger partial charge < -0.3 is 4.74 Å². The Morgan fingerprint density at radius 2 is 2.12 bits per heavy atom. The summed E-state index contributed by atoms with van der Waals surface area (Å²) in [4.78, 5) is 0. The highest BCUT2D eigenvalue weighted by Gasteiger charge is 2.31. The predicted octanol–water partition coefficient (Wildman–Crippen LogP) is 3.79. The van der Waals surface area contributed by atoms with E-state index in [4.69, 9.17) is 16.3 Å². The zero-order valence-corrected chi connectivity index (χ0v) is 10.1. The Bertz CT molecular complexity index is 348. The maximum atomic E-state index is 6.31. The highest BCUT2D eigenvalue weighted by molar-refractivity contribution is 6.20. The second-order valence-corrected chi connectivity index (χ2v) is 5.54. The fourth-order valence-corrected chi connectivity index (χ4v) is 2.83. The fraction of sp³-hybridized carbons (Fsp3) is 0.571. The molecule has 0 amide bonds. The summed E-state index contributed by atoms with van der Waals surface area (Å²) in [5.74, 6) is 1.87. The average Bonchev–Trinajstić information content (AvgIpc) is 3.06. The summed E-state index contributed by atoms with van der Waals surface area (Å²) in [5, 5.41) is 0.382. The highest BCUT2D eigenvalue weighted by atomic mass is 35.5. The monoisotopic (exact) mass is 236 g/mol. The van der Waals surface area contributed by atoms with Gasteiger partial charge in [-0.3, -0.25) is 0 Å². The molecule has 86 valence electrons. The lowest BCUT2D eigenvalue weighted by Gasteiger charge is -2.13. The molecule has 1 aliphatic carbocycles. The number of hydrogen-bond acceptors (Lipinski definition) is 1. The molecule has 2 heteroatoms. The number of ether oxygens (including phenoxy) is 1. The molecule has 0 spiro atoms. The minimum atomic E-state index is 0.359. The second-order valence-electron chi connectivity index (χ2n) is 4.98. The van der Waals surface area contributed by atoms with Crippen LogP contribution in [0.4, 0.5) is 0 Å². The molecule has 3 rings (SSSR count). The van der Waals surface area contributed by atoms with E-state index in [-0.39, 0.29) is 0 Å². The number of hydrogen-bond donors (Lipinski definition) is 0. The van der Waals surface area contributed by atoms with Gasteiger partial charge in [0, 0.05) is 11.8 Å². The summed E-state index contributed by atoms with van der Waals surface area (Å²) >= 11 is 6.31. The summed E-state index contributed by atoms with van der Waals surface area (Å²) in [6.45, 7) is 0. The van der Waals surface area contributed by atoms with Crippen LogP contribution in [-0.2, 0) is 6.42 Å². The van der Waals surface area contributed by atoms with Gasteiger partial charge in [0.05, 0.1) is 0 Å². The van der Waals surface area contributed by atoms with E-state index in [1.54, 1.807) is 0 Å². The van der Waals surface area contributed by atoms with Gasteiger partial charge in [0.1, 0.15) is 11.9 Å². The van der Waals surface area contributed by atoms with Crippen molar-refractivity contribution in [1.29, 1.82) is 0 Å². The molecule has 2 aliphatic rings. The number of fused-ring (bicyclic) bond motifs is 1. The SMILES string of the molecule is ClC(CCC1Cc2ccccc2O1)C1CC1. The molecular formula is C14H17ClO. The summed E-state index contributed by atoms with van der Waals surface area (Å²) in [7, 11) is 0. The van der Waals surface area contributed by atoms with Gasteiger partial charge in [0.15, 0.2) is 0 Å². The van der Waals surface area contributed by atoms with Crippen LogP contribution in [0, 0.1) is 5.92 Å². The number of halogens is 1. The lowest BCUT2D eigenvalue weighted by molar-refractivity contribution is 0.216. The van der Waals surface area contributed by atoms with Crippen LogP contribution in [-0.4, -0.2) is 11.5 Å². The summed E-state index contributed by atoms with van der Waals surface area (Å²) in [6, 6.07) is 8.34. The maximum absolute atomic E-state index is 6.31. The molecule has 16 heavy (non-hydrogen) atoms. The molecule has 2 atom stereocenters. The third kappa shape index (κ3) is 2.20. The first-order valence-electron chi connectivity index (χ1n) is 6.21. The standard InChI is InChI=1S/C14H17ClO/c15-13(10-5-6-10)8-7-12-9-11-3-1-2-4-14(11)16-12/h1-4,10,12-13H,5-9H2. The van der Waals surface area contributed by atoms with E-state index in [0.717, 1.165) is 30.9 Å². The van der Waals surface area contributed by atoms with Crippen LogP contribution in [0.3, 0.4) is 0 Å². The Balaban J connectivity index is 1.52. The van der Waals surface area contributed by atoms with Gasteiger partial charge in [0.25, 0.3) is 0 Å². The van der Waals surface area contributed by atoms with Crippen molar-refractivity contribution in [1.82, 2.24) is 0 Å². The van der Waals surface area contributed by atoms with Crippen molar-refractivity contribution in [3.8, 4) is 5.75 Å². The first-order valence-corrected chi connectivity index (χ1v) is 6.65. The number of rotatable bonds is 4. The molecule has 0 aromatic heterocycles. The quantitative estimate of drug-likeness (QED) is 0.723. The third-order valence-electron chi connectivity index (χ3n) is 3.61. The first kappa shape index (κ1) is 10.5. The minimum absolute atomic E-state index is 0.359. The Morgan fingerprint density at radius 3 is 2.88 bits per heavy atom. The number of para-hydroxylation sites is 1. The minimum Gasteiger partial charge on any atom is -0.490 e. The second kappa shape index (κ2) is 4.29. The smallest absolute Gasteiger partial charge is 0.123 e. The Morgan fingerprint density at radius 1 is 1.31 bits per heavy atom. The van der Waals surface area contributed by atoms with Crippen LogP contribution in [0.5, 0.6) is 5.75 Å². The van der Waals surface area contributed by atoms with E-state index in [9.17, 15) is 0 Å². The van der Waals surface area contributed by atoms with Gasteiger partial charge in [-0.1, -0.05) is 18.2 Å². The fourth-order valence-electron chi connectivity index (χ4n) is 2.45. The summed E-state index contributed by atoms with van der Waals surface area (Å²) < 4.78 is 5.90. The number of benzene rings is 1. The molecule has 1 saturated carbocycles. The van der Waals surface area contributed by atoms with Crippen LogP contribution >= 0.6 is 11.6 Å². The summed E-state index contributed by atoms with van der Waals surface area (Å²) in [5.41, 5.74) is 1.35. The van der Waals surface area contributed by atoms with Crippen LogP contribution in [0.1, 0.15) is 31.2 Å². The van der Waals surface area contributed by atoms with E-state index in [0.29, 0.717) is 11.5 Å². The molecule has 1 aromatic carbocycles. The van der Waals surface area contributed by atoms with Crippen molar-refractivity contribution in [2.75, 3.05) is 0 Å². The zero-order valence-electron chi connectivity index (χ0n) is 9.36. The van der Waals surface area contributed by atoms with E-state index in [2.05, 4.69) is 18.2 Å². The molecule has 1 heterocycles. The van der Waals surface area contributed by atoms with Crippen LogP contribution < -0.4 is 4.74 Å². The zero-order chi connectivity index (χ0) is 11.0. The van der Waals surface area contributed by atoms with Crippen LogP contribution in [0.2, 0.25) is 0 Å². The third-order valence-corrected chi connectivity index (χ3v) is 4.19. The molecule has 1 fully saturated rings. The molecule has 0 N–H and O–H groups in total. The van der Waals surface area contributed by atoms with Crippen molar-refractivity contribution >= 4 is 11.6 Å². The van der Waals surface area contributed by atoms with Gasteiger partial charge in [-0.15, -0.1) is 11.6 Å². The van der Waals surface area contributed by atoms with Crippen molar-refractivity contribution in [2.24, 2.45) is 5.92 Å². The van der Waals surface area contributed by atoms with Gasteiger partial charge >= 0.3 is 0 Å². The topological polar surface area (TPSA) is 9.23 Å².